The van der Waals surface area contributed by atoms with E-state index in [4.69, 9.17) is 4.74 Å². The van der Waals surface area contributed by atoms with E-state index in [0.717, 1.165) is 36.2 Å². The zero-order chi connectivity index (χ0) is 22.1. The van der Waals surface area contributed by atoms with Gasteiger partial charge in [-0.15, -0.1) is 11.3 Å². The van der Waals surface area contributed by atoms with E-state index in [9.17, 15) is 9.90 Å². The van der Waals surface area contributed by atoms with Crippen LogP contribution < -0.4 is 20.7 Å². The van der Waals surface area contributed by atoms with Crippen molar-refractivity contribution in [3.8, 4) is 5.75 Å². The van der Waals surface area contributed by atoms with E-state index >= 15 is 0 Å². The van der Waals surface area contributed by atoms with E-state index in [1.165, 1.54) is 11.3 Å². The maximum Gasteiger partial charge on any atom is 0.258 e. The second kappa shape index (κ2) is 11.2. The molecule has 168 valence electrons. The van der Waals surface area contributed by atoms with Gasteiger partial charge < -0.3 is 25.8 Å². The summed E-state index contributed by atoms with van der Waals surface area (Å²) in [5.74, 6) is 1.30. The fourth-order valence-corrected chi connectivity index (χ4v) is 3.74. The Morgan fingerprint density at radius 1 is 1.26 bits per heavy atom. The maximum absolute atomic E-state index is 11.7. The molecule has 0 aliphatic heterocycles. The van der Waals surface area contributed by atoms with Gasteiger partial charge in [-0.05, 0) is 62.3 Å². The molecule has 1 amide bonds. The van der Waals surface area contributed by atoms with Crippen molar-refractivity contribution in [3.05, 3.63) is 52.2 Å². The van der Waals surface area contributed by atoms with Crippen LogP contribution in [0.3, 0.4) is 0 Å². The minimum absolute atomic E-state index is 0.0508. The number of aliphatic hydroxyl groups is 1. The van der Waals surface area contributed by atoms with Gasteiger partial charge in [-0.3, -0.25) is 4.79 Å². The van der Waals surface area contributed by atoms with Gasteiger partial charge in [-0.1, -0.05) is 18.2 Å². The van der Waals surface area contributed by atoms with Gasteiger partial charge in [0.15, 0.2) is 12.6 Å². The molecule has 8 heteroatoms. The Bertz CT molecular complexity index is 846. The van der Waals surface area contributed by atoms with Crippen molar-refractivity contribution in [2.24, 2.45) is 4.99 Å². The minimum atomic E-state index is -0.984. The van der Waals surface area contributed by atoms with E-state index in [1.807, 2.05) is 48.7 Å². The topological polar surface area (TPSA) is 95.0 Å². The molecule has 0 bridgehead atoms. The first-order valence-electron chi connectivity index (χ1n) is 10.8. The van der Waals surface area contributed by atoms with Crippen LogP contribution in [0.5, 0.6) is 5.75 Å². The molecule has 0 radical (unpaired) electrons. The SMILES string of the molecule is CCNC(=NCC(C)(O)c1cccs1)NCCc1ccc(OCC(=O)NC2CC2)cc1. The van der Waals surface area contributed by atoms with Crippen molar-refractivity contribution in [2.75, 3.05) is 26.2 Å². The van der Waals surface area contributed by atoms with Crippen molar-refractivity contribution < 1.29 is 14.6 Å². The van der Waals surface area contributed by atoms with Crippen LogP contribution in [-0.4, -0.2) is 49.3 Å². The normalized spacial score (nSPS) is 15.8. The molecule has 2 aromatic rings. The van der Waals surface area contributed by atoms with Crippen LogP contribution >= 0.6 is 11.3 Å². The number of hydrogen-bond acceptors (Lipinski definition) is 5. The largest absolute Gasteiger partial charge is 0.484 e. The lowest BCUT2D eigenvalue weighted by molar-refractivity contribution is -0.123. The smallest absolute Gasteiger partial charge is 0.258 e. The third kappa shape index (κ3) is 7.88. The summed E-state index contributed by atoms with van der Waals surface area (Å²) in [5.41, 5.74) is 0.172. The number of hydrogen-bond donors (Lipinski definition) is 4. The van der Waals surface area contributed by atoms with Crippen LogP contribution in [0, 0.1) is 0 Å². The van der Waals surface area contributed by atoms with Gasteiger partial charge in [0.25, 0.3) is 5.91 Å². The molecule has 1 aliphatic rings. The highest BCUT2D eigenvalue weighted by Crippen LogP contribution is 2.25. The molecule has 1 heterocycles. The lowest BCUT2D eigenvalue weighted by Crippen LogP contribution is -2.39. The van der Waals surface area contributed by atoms with Crippen LogP contribution in [-0.2, 0) is 16.8 Å². The molecular weight excluding hydrogens is 412 g/mol. The van der Waals surface area contributed by atoms with E-state index < -0.39 is 5.60 Å². The highest BCUT2D eigenvalue weighted by atomic mass is 32.1. The summed E-state index contributed by atoms with van der Waals surface area (Å²) in [6, 6.07) is 12.0. The predicted octanol–water partition coefficient (Wildman–Crippen LogP) is 2.41. The Balaban J connectivity index is 1.42. The Labute approximate surface area is 187 Å². The van der Waals surface area contributed by atoms with Crippen molar-refractivity contribution in [1.29, 1.82) is 0 Å². The van der Waals surface area contributed by atoms with Gasteiger partial charge in [-0.2, -0.15) is 0 Å². The number of thiophene rings is 1. The van der Waals surface area contributed by atoms with Gasteiger partial charge in [0.2, 0.25) is 0 Å². The first-order chi connectivity index (χ1) is 15.0. The van der Waals surface area contributed by atoms with Gasteiger partial charge in [0.1, 0.15) is 11.4 Å². The van der Waals surface area contributed by atoms with Gasteiger partial charge in [0.05, 0.1) is 6.54 Å². The summed E-state index contributed by atoms with van der Waals surface area (Å²) in [7, 11) is 0. The fourth-order valence-electron chi connectivity index (χ4n) is 2.96. The number of carbonyl (C=O) groups excluding carboxylic acids is 1. The summed E-state index contributed by atoms with van der Waals surface area (Å²) in [6.45, 7) is 5.58. The number of nitrogens with one attached hydrogen (secondary N) is 3. The van der Waals surface area contributed by atoms with Gasteiger partial charge in [0, 0.05) is 24.0 Å². The van der Waals surface area contributed by atoms with E-state index in [-0.39, 0.29) is 19.1 Å². The molecular formula is C23H32N4O3S. The third-order valence-electron chi connectivity index (χ3n) is 4.88. The van der Waals surface area contributed by atoms with E-state index in [2.05, 4.69) is 20.9 Å². The molecule has 1 unspecified atom stereocenters. The number of aliphatic imine (C=N–C) groups is 1. The average Bonchev–Trinajstić information content (AvgIpc) is 3.38. The molecule has 0 saturated heterocycles. The zero-order valence-corrected chi connectivity index (χ0v) is 19.0. The molecule has 1 saturated carbocycles. The molecule has 3 rings (SSSR count). The molecule has 0 spiro atoms. The summed E-state index contributed by atoms with van der Waals surface area (Å²) < 4.78 is 5.54. The van der Waals surface area contributed by atoms with Crippen LogP contribution in [0.25, 0.3) is 0 Å². The summed E-state index contributed by atoms with van der Waals surface area (Å²) >= 11 is 1.53. The molecule has 7 nitrogen and oxygen atoms in total. The first-order valence-corrected chi connectivity index (χ1v) is 11.6. The zero-order valence-electron chi connectivity index (χ0n) is 18.2. The Kier molecular flexibility index (Phi) is 8.31. The molecule has 1 aromatic carbocycles. The number of guanidine groups is 1. The molecule has 31 heavy (non-hydrogen) atoms. The Morgan fingerprint density at radius 3 is 2.68 bits per heavy atom. The van der Waals surface area contributed by atoms with E-state index in [1.54, 1.807) is 6.92 Å². The number of amides is 1. The highest BCUT2D eigenvalue weighted by molar-refractivity contribution is 7.10. The van der Waals surface area contributed by atoms with Crippen molar-refractivity contribution in [1.82, 2.24) is 16.0 Å². The Morgan fingerprint density at radius 2 is 2.03 bits per heavy atom. The summed E-state index contributed by atoms with van der Waals surface area (Å²) in [5, 5.41) is 22.0. The average molecular weight is 445 g/mol. The molecule has 1 fully saturated rings. The van der Waals surface area contributed by atoms with Crippen LogP contribution in [0.2, 0.25) is 0 Å². The van der Waals surface area contributed by atoms with Crippen LogP contribution in [0.4, 0.5) is 0 Å². The number of carbonyl (C=O) groups is 1. The van der Waals surface area contributed by atoms with Gasteiger partial charge in [-0.25, -0.2) is 4.99 Å². The van der Waals surface area contributed by atoms with Crippen LogP contribution in [0.1, 0.15) is 37.1 Å². The monoisotopic (exact) mass is 444 g/mol. The standard InChI is InChI=1S/C23H32N4O3S/c1-3-24-22(26-16-23(2,29)20-5-4-14-31-20)25-13-12-17-6-10-19(11-7-17)30-15-21(28)27-18-8-9-18/h4-7,10-11,14,18,29H,3,8-9,12-13,15-16H2,1-2H3,(H,27,28)(H2,24,25,26). The number of nitrogens with zero attached hydrogens (tertiary/aromatic N) is 1. The minimum Gasteiger partial charge on any atom is -0.484 e. The summed E-state index contributed by atoms with van der Waals surface area (Å²) in [6.07, 6.45) is 2.96. The summed E-state index contributed by atoms with van der Waals surface area (Å²) in [4.78, 5) is 17.1. The molecule has 1 atom stereocenters. The lowest BCUT2D eigenvalue weighted by Gasteiger charge is -2.20. The maximum atomic E-state index is 11.7. The highest BCUT2D eigenvalue weighted by Gasteiger charge is 2.24. The molecule has 1 aromatic heterocycles. The number of benzene rings is 1. The third-order valence-corrected chi connectivity index (χ3v) is 6.01. The fraction of sp³-hybridized carbons (Fsp3) is 0.478. The molecule has 1 aliphatic carbocycles. The second-order valence-corrected chi connectivity index (χ2v) is 8.85. The van der Waals surface area contributed by atoms with Crippen molar-refractivity contribution in [2.45, 2.75) is 44.8 Å². The first kappa shape index (κ1) is 23.1. The van der Waals surface area contributed by atoms with Crippen LogP contribution in [0.15, 0.2) is 46.8 Å². The molecule has 4 N–H and O–H groups in total. The van der Waals surface area contributed by atoms with Crippen molar-refractivity contribution >= 4 is 23.2 Å². The van der Waals surface area contributed by atoms with Gasteiger partial charge >= 0.3 is 0 Å². The quantitative estimate of drug-likeness (QED) is 0.315. The van der Waals surface area contributed by atoms with Crippen molar-refractivity contribution in [3.63, 3.8) is 0 Å². The van der Waals surface area contributed by atoms with E-state index in [0.29, 0.717) is 24.3 Å². The lowest BCUT2D eigenvalue weighted by atomic mass is 10.1. The number of rotatable bonds is 11. The predicted molar refractivity (Wildman–Crippen MR) is 125 cm³/mol. The second-order valence-electron chi connectivity index (χ2n) is 7.90. The Hall–Kier alpha value is -2.58. The number of ether oxygens (including phenoxy) is 1.